The summed E-state index contributed by atoms with van der Waals surface area (Å²) in [5.74, 6) is 0.0612. The average Bonchev–Trinajstić information content (AvgIpc) is 2.39. The molecule has 0 saturated heterocycles. The number of hydrogen-bond donors (Lipinski definition) is 1. The topological polar surface area (TPSA) is 42.4 Å². The van der Waals surface area contributed by atoms with Crippen LogP contribution in [0.3, 0.4) is 0 Å². The van der Waals surface area contributed by atoms with Crippen molar-refractivity contribution in [2.24, 2.45) is 0 Å². The molecule has 1 aromatic heterocycles. The van der Waals surface area contributed by atoms with Gasteiger partial charge in [0.05, 0.1) is 11.8 Å². The molecule has 5 heteroatoms. The number of benzene rings is 1. The average molecular weight is 326 g/mol. The van der Waals surface area contributed by atoms with Crippen LogP contribution in [0, 0.1) is 5.82 Å². The van der Waals surface area contributed by atoms with Gasteiger partial charge < -0.3 is 9.84 Å². The third-order valence-electron chi connectivity index (χ3n) is 2.59. The molecule has 0 bridgehead atoms. The predicted molar refractivity (Wildman–Crippen MR) is 73.3 cm³/mol. The van der Waals surface area contributed by atoms with Crippen molar-refractivity contribution in [1.82, 2.24) is 4.98 Å². The molecule has 0 saturated carbocycles. The van der Waals surface area contributed by atoms with Crippen LogP contribution in [-0.2, 0) is 6.61 Å². The van der Waals surface area contributed by atoms with Gasteiger partial charge in [-0.05, 0) is 53.2 Å². The zero-order valence-corrected chi connectivity index (χ0v) is 11.9. The minimum atomic E-state index is -0.788. The van der Waals surface area contributed by atoms with Gasteiger partial charge in [0.15, 0.2) is 0 Å². The summed E-state index contributed by atoms with van der Waals surface area (Å²) in [6, 6.07) is 7.78. The number of nitrogens with zero attached hydrogens (tertiary/aromatic N) is 1. The Labute approximate surface area is 119 Å². The summed E-state index contributed by atoms with van der Waals surface area (Å²) < 4.78 is 19.6. The van der Waals surface area contributed by atoms with Crippen molar-refractivity contribution in [3.05, 3.63) is 58.1 Å². The summed E-state index contributed by atoms with van der Waals surface area (Å²) in [5.41, 5.74) is 1.18. The molecule has 0 fully saturated rings. The quantitative estimate of drug-likeness (QED) is 0.933. The van der Waals surface area contributed by atoms with E-state index in [9.17, 15) is 9.50 Å². The second kappa shape index (κ2) is 6.12. The number of aliphatic hydroxyl groups is 1. The van der Waals surface area contributed by atoms with E-state index >= 15 is 0 Å². The van der Waals surface area contributed by atoms with Crippen LogP contribution in [0.25, 0.3) is 0 Å². The molecule has 1 atom stereocenters. The van der Waals surface area contributed by atoms with E-state index in [4.69, 9.17) is 4.74 Å². The Morgan fingerprint density at radius 2 is 2.16 bits per heavy atom. The molecule has 1 N–H and O–H groups in total. The van der Waals surface area contributed by atoms with Crippen LogP contribution in [0.4, 0.5) is 4.39 Å². The summed E-state index contributed by atoms with van der Waals surface area (Å²) in [5, 5.41) is 9.59. The van der Waals surface area contributed by atoms with Crippen LogP contribution in [0.15, 0.2) is 41.0 Å². The maximum atomic E-state index is 13.1. The predicted octanol–water partition coefficient (Wildman–Crippen LogP) is 3.62. The van der Waals surface area contributed by atoms with Crippen molar-refractivity contribution in [3.8, 4) is 5.75 Å². The van der Waals surface area contributed by atoms with E-state index in [0.29, 0.717) is 11.3 Å². The van der Waals surface area contributed by atoms with Crippen LogP contribution < -0.4 is 4.74 Å². The summed E-state index contributed by atoms with van der Waals surface area (Å²) in [7, 11) is 0. The van der Waals surface area contributed by atoms with E-state index < -0.39 is 11.9 Å². The molecule has 0 amide bonds. The highest BCUT2D eigenvalue weighted by Crippen LogP contribution is 2.26. The monoisotopic (exact) mass is 325 g/mol. The van der Waals surface area contributed by atoms with Crippen molar-refractivity contribution in [1.29, 1.82) is 0 Å². The summed E-state index contributed by atoms with van der Waals surface area (Å²) >= 11 is 3.30. The minimum absolute atomic E-state index is 0.263. The zero-order valence-electron chi connectivity index (χ0n) is 10.3. The highest BCUT2D eigenvalue weighted by atomic mass is 79.9. The molecular weight excluding hydrogens is 313 g/mol. The van der Waals surface area contributed by atoms with Gasteiger partial charge in [0.1, 0.15) is 18.2 Å². The molecule has 2 aromatic rings. The normalized spacial score (nSPS) is 12.2. The number of aromatic nitrogens is 1. The van der Waals surface area contributed by atoms with Gasteiger partial charge in [-0.1, -0.05) is 0 Å². The molecule has 0 radical (unpaired) electrons. The van der Waals surface area contributed by atoms with E-state index in [1.54, 1.807) is 13.1 Å². The Bertz CT molecular complexity index is 558. The first kappa shape index (κ1) is 14.0. The molecule has 0 spiro atoms. The first-order chi connectivity index (χ1) is 9.06. The third-order valence-corrected chi connectivity index (χ3v) is 3.06. The van der Waals surface area contributed by atoms with Crippen molar-refractivity contribution in [3.63, 3.8) is 0 Å². The van der Waals surface area contributed by atoms with E-state index in [0.717, 1.165) is 10.2 Å². The molecule has 19 heavy (non-hydrogen) atoms. The highest BCUT2D eigenvalue weighted by molar-refractivity contribution is 9.10. The van der Waals surface area contributed by atoms with Crippen molar-refractivity contribution >= 4 is 15.9 Å². The molecule has 0 aliphatic rings. The van der Waals surface area contributed by atoms with Crippen LogP contribution in [0.5, 0.6) is 5.75 Å². The summed E-state index contributed by atoms with van der Waals surface area (Å²) in [6.45, 7) is 1.83. The SMILES string of the molecule is CC(O)c1cc(F)ccc1OCc1ccc(Br)cn1. The maximum Gasteiger partial charge on any atom is 0.130 e. The van der Waals surface area contributed by atoms with Crippen LogP contribution in [-0.4, -0.2) is 10.1 Å². The Balaban J connectivity index is 2.13. The summed E-state index contributed by atoms with van der Waals surface area (Å²) in [6.07, 6.45) is 0.891. The Hall–Kier alpha value is -1.46. The lowest BCUT2D eigenvalue weighted by atomic mass is 10.1. The lowest BCUT2D eigenvalue weighted by molar-refractivity contribution is 0.189. The first-order valence-corrected chi connectivity index (χ1v) is 6.56. The molecule has 0 aliphatic heterocycles. The minimum Gasteiger partial charge on any atom is -0.487 e. The van der Waals surface area contributed by atoms with E-state index in [-0.39, 0.29) is 6.61 Å². The smallest absolute Gasteiger partial charge is 0.130 e. The standard InChI is InChI=1S/C14H13BrFNO2/c1-9(18)13-6-11(16)3-5-14(13)19-8-12-4-2-10(15)7-17-12/h2-7,9,18H,8H2,1H3. The molecule has 1 heterocycles. The number of rotatable bonds is 4. The van der Waals surface area contributed by atoms with Crippen molar-refractivity contribution < 1.29 is 14.2 Å². The molecule has 2 rings (SSSR count). The number of aliphatic hydroxyl groups excluding tert-OH is 1. The van der Waals surface area contributed by atoms with Gasteiger partial charge in [0, 0.05) is 16.2 Å². The molecule has 3 nitrogen and oxygen atoms in total. The van der Waals surface area contributed by atoms with E-state index in [2.05, 4.69) is 20.9 Å². The van der Waals surface area contributed by atoms with Crippen molar-refractivity contribution in [2.45, 2.75) is 19.6 Å². The second-order valence-corrected chi connectivity index (χ2v) is 5.03. The van der Waals surface area contributed by atoms with Gasteiger partial charge in [0.25, 0.3) is 0 Å². The molecule has 1 aromatic carbocycles. The fraction of sp³-hybridized carbons (Fsp3) is 0.214. The Morgan fingerprint density at radius 1 is 1.37 bits per heavy atom. The Kier molecular flexibility index (Phi) is 4.50. The molecular formula is C14H13BrFNO2. The van der Waals surface area contributed by atoms with Gasteiger partial charge in [0.2, 0.25) is 0 Å². The van der Waals surface area contributed by atoms with Gasteiger partial charge in [-0.3, -0.25) is 4.98 Å². The fourth-order valence-corrected chi connectivity index (χ4v) is 1.86. The van der Waals surface area contributed by atoms with E-state index in [1.165, 1.54) is 18.2 Å². The number of ether oxygens (including phenoxy) is 1. The highest BCUT2D eigenvalue weighted by Gasteiger charge is 2.11. The van der Waals surface area contributed by atoms with Crippen LogP contribution >= 0.6 is 15.9 Å². The van der Waals surface area contributed by atoms with Gasteiger partial charge in [-0.25, -0.2) is 4.39 Å². The van der Waals surface area contributed by atoms with Crippen LogP contribution in [0.2, 0.25) is 0 Å². The molecule has 100 valence electrons. The largest absolute Gasteiger partial charge is 0.487 e. The fourth-order valence-electron chi connectivity index (χ4n) is 1.62. The molecule has 0 aliphatic carbocycles. The van der Waals surface area contributed by atoms with Gasteiger partial charge >= 0.3 is 0 Å². The number of pyridine rings is 1. The maximum absolute atomic E-state index is 13.1. The van der Waals surface area contributed by atoms with Gasteiger partial charge in [-0.2, -0.15) is 0 Å². The van der Waals surface area contributed by atoms with Gasteiger partial charge in [-0.15, -0.1) is 0 Å². The van der Waals surface area contributed by atoms with Crippen molar-refractivity contribution in [2.75, 3.05) is 0 Å². The first-order valence-electron chi connectivity index (χ1n) is 5.77. The number of hydrogen-bond acceptors (Lipinski definition) is 3. The summed E-state index contributed by atoms with van der Waals surface area (Å²) in [4.78, 5) is 4.18. The van der Waals surface area contributed by atoms with E-state index in [1.807, 2.05) is 12.1 Å². The zero-order chi connectivity index (χ0) is 13.8. The second-order valence-electron chi connectivity index (χ2n) is 4.11. The Morgan fingerprint density at radius 3 is 2.79 bits per heavy atom. The lowest BCUT2D eigenvalue weighted by Crippen LogP contribution is -2.02. The molecule has 1 unspecified atom stereocenters. The number of halogens is 2. The lowest BCUT2D eigenvalue weighted by Gasteiger charge is -2.13. The van der Waals surface area contributed by atoms with Crippen LogP contribution in [0.1, 0.15) is 24.3 Å². The third kappa shape index (κ3) is 3.75.